The van der Waals surface area contributed by atoms with Gasteiger partial charge in [-0.3, -0.25) is 4.98 Å². The topological polar surface area (TPSA) is 48.1 Å². The first-order valence-corrected chi connectivity index (χ1v) is 6.65. The summed E-state index contributed by atoms with van der Waals surface area (Å²) in [6.07, 6.45) is 2.84. The van der Waals surface area contributed by atoms with Gasteiger partial charge in [0.05, 0.1) is 11.9 Å². The minimum atomic E-state index is 0.448. The molecule has 3 nitrogen and oxygen atoms in total. The number of nitrogens with zero attached hydrogens (tertiary/aromatic N) is 1. The van der Waals surface area contributed by atoms with E-state index in [1.54, 1.807) is 6.20 Å². The van der Waals surface area contributed by atoms with E-state index in [9.17, 15) is 0 Å². The first kappa shape index (κ1) is 13.6. The molecule has 19 heavy (non-hydrogen) atoms. The molecule has 2 N–H and O–H groups in total. The maximum absolute atomic E-state index is 5.74. The molecule has 3 heteroatoms. The van der Waals surface area contributed by atoms with Crippen molar-refractivity contribution < 1.29 is 4.74 Å². The van der Waals surface area contributed by atoms with Crippen LogP contribution in [0.25, 0.3) is 0 Å². The minimum absolute atomic E-state index is 0.448. The molecule has 2 rings (SSSR count). The second kappa shape index (κ2) is 6.34. The first-order valence-electron chi connectivity index (χ1n) is 6.65. The average Bonchev–Trinajstić information content (AvgIpc) is 2.48. The standard InChI is InChI=1S/C16H20N2O/c1-3-12(2)13-4-7-15(8-5-13)19-16-9-6-14(10-17)18-11-16/h4-9,11-12H,3,10,17H2,1-2H3. The molecule has 0 aliphatic rings. The van der Waals surface area contributed by atoms with E-state index in [0.717, 1.165) is 23.6 Å². The van der Waals surface area contributed by atoms with Gasteiger partial charge >= 0.3 is 0 Å². The Bertz CT molecular complexity index is 505. The van der Waals surface area contributed by atoms with Crippen LogP contribution in [0.5, 0.6) is 11.5 Å². The fourth-order valence-corrected chi connectivity index (χ4v) is 1.83. The molecule has 0 saturated carbocycles. The van der Waals surface area contributed by atoms with Gasteiger partial charge in [0.2, 0.25) is 0 Å². The van der Waals surface area contributed by atoms with Crippen molar-refractivity contribution in [2.45, 2.75) is 32.7 Å². The number of rotatable bonds is 5. The number of ether oxygens (including phenoxy) is 1. The molecule has 0 aliphatic carbocycles. The zero-order chi connectivity index (χ0) is 13.7. The molecule has 0 spiro atoms. The quantitative estimate of drug-likeness (QED) is 0.884. The maximum atomic E-state index is 5.74. The fraction of sp³-hybridized carbons (Fsp3) is 0.312. The monoisotopic (exact) mass is 256 g/mol. The third-order valence-corrected chi connectivity index (χ3v) is 3.30. The highest BCUT2D eigenvalue weighted by Gasteiger charge is 2.03. The van der Waals surface area contributed by atoms with E-state index < -0.39 is 0 Å². The summed E-state index contributed by atoms with van der Waals surface area (Å²) in [5.74, 6) is 2.14. The number of hydrogen-bond donors (Lipinski definition) is 1. The van der Waals surface area contributed by atoms with Crippen molar-refractivity contribution in [2.75, 3.05) is 0 Å². The number of pyridine rings is 1. The smallest absolute Gasteiger partial charge is 0.145 e. The van der Waals surface area contributed by atoms with E-state index in [0.29, 0.717) is 12.5 Å². The van der Waals surface area contributed by atoms with Gasteiger partial charge in [-0.1, -0.05) is 26.0 Å². The molecule has 1 heterocycles. The highest BCUT2D eigenvalue weighted by Crippen LogP contribution is 2.24. The number of benzene rings is 1. The predicted molar refractivity (Wildman–Crippen MR) is 77.4 cm³/mol. The first-order chi connectivity index (χ1) is 9.22. The van der Waals surface area contributed by atoms with Crippen LogP contribution in [0.1, 0.15) is 37.4 Å². The summed E-state index contributed by atoms with van der Waals surface area (Å²) < 4.78 is 5.74. The normalized spacial score (nSPS) is 12.2. The molecule has 1 unspecified atom stereocenters. The predicted octanol–water partition coefficient (Wildman–Crippen LogP) is 3.85. The highest BCUT2D eigenvalue weighted by atomic mass is 16.5. The molecule has 0 amide bonds. The van der Waals surface area contributed by atoms with E-state index in [1.165, 1.54) is 5.56 Å². The SMILES string of the molecule is CCC(C)c1ccc(Oc2ccc(CN)nc2)cc1. The van der Waals surface area contributed by atoms with Crippen LogP contribution < -0.4 is 10.5 Å². The lowest BCUT2D eigenvalue weighted by Crippen LogP contribution is -1.98. The number of aromatic nitrogens is 1. The summed E-state index contributed by atoms with van der Waals surface area (Å²) in [7, 11) is 0. The lowest BCUT2D eigenvalue weighted by molar-refractivity contribution is 0.479. The Morgan fingerprint density at radius 3 is 2.32 bits per heavy atom. The number of hydrogen-bond acceptors (Lipinski definition) is 3. The second-order valence-corrected chi connectivity index (χ2v) is 4.67. The summed E-state index contributed by atoms with van der Waals surface area (Å²) >= 11 is 0. The van der Waals surface area contributed by atoms with Crippen LogP contribution in [0.3, 0.4) is 0 Å². The molecule has 2 aromatic rings. The second-order valence-electron chi connectivity index (χ2n) is 4.67. The fourth-order valence-electron chi connectivity index (χ4n) is 1.83. The van der Waals surface area contributed by atoms with Crippen molar-refractivity contribution in [1.29, 1.82) is 0 Å². The molecule has 1 aromatic heterocycles. The Hall–Kier alpha value is -1.87. The molecule has 0 bridgehead atoms. The molecule has 0 aliphatic heterocycles. The summed E-state index contributed by atoms with van der Waals surface area (Å²) in [4.78, 5) is 4.20. The lowest BCUT2D eigenvalue weighted by atomic mass is 9.99. The van der Waals surface area contributed by atoms with Crippen LogP contribution in [0, 0.1) is 0 Å². The highest BCUT2D eigenvalue weighted by molar-refractivity contribution is 5.33. The summed E-state index contributed by atoms with van der Waals surface area (Å²) in [5, 5.41) is 0. The Morgan fingerprint density at radius 2 is 1.79 bits per heavy atom. The van der Waals surface area contributed by atoms with Gasteiger partial charge in [-0.15, -0.1) is 0 Å². The Kier molecular flexibility index (Phi) is 4.53. The van der Waals surface area contributed by atoms with Gasteiger partial charge in [0, 0.05) is 6.54 Å². The molecule has 100 valence electrons. The zero-order valence-corrected chi connectivity index (χ0v) is 11.5. The Balaban J connectivity index is 2.06. The van der Waals surface area contributed by atoms with Crippen molar-refractivity contribution in [1.82, 2.24) is 4.98 Å². The number of nitrogens with two attached hydrogens (primary N) is 1. The molecule has 1 aromatic carbocycles. The van der Waals surface area contributed by atoms with Crippen molar-refractivity contribution in [2.24, 2.45) is 5.73 Å². The van der Waals surface area contributed by atoms with Crippen LogP contribution in [-0.4, -0.2) is 4.98 Å². The average molecular weight is 256 g/mol. The van der Waals surface area contributed by atoms with Crippen molar-refractivity contribution >= 4 is 0 Å². The zero-order valence-electron chi connectivity index (χ0n) is 11.5. The van der Waals surface area contributed by atoms with Crippen molar-refractivity contribution in [3.63, 3.8) is 0 Å². The molecule has 1 atom stereocenters. The third kappa shape index (κ3) is 3.55. The molecule has 0 fully saturated rings. The summed E-state index contributed by atoms with van der Waals surface area (Å²) in [6, 6.07) is 12.0. The van der Waals surface area contributed by atoms with E-state index in [-0.39, 0.29) is 0 Å². The molecule has 0 radical (unpaired) electrons. The lowest BCUT2D eigenvalue weighted by Gasteiger charge is -2.10. The summed E-state index contributed by atoms with van der Waals surface area (Å²) in [5.41, 5.74) is 7.71. The van der Waals surface area contributed by atoms with Gasteiger partial charge in [0.1, 0.15) is 11.5 Å². The van der Waals surface area contributed by atoms with Gasteiger partial charge in [-0.25, -0.2) is 0 Å². The van der Waals surface area contributed by atoms with Gasteiger partial charge < -0.3 is 10.5 Å². The summed E-state index contributed by atoms with van der Waals surface area (Å²) in [6.45, 7) is 4.87. The van der Waals surface area contributed by atoms with Crippen LogP contribution >= 0.6 is 0 Å². The maximum Gasteiger partial charge on any atom is 0.145 e. The van der Waals surface area contributed by atoms with Crippen molar-refractivity contribution in [3.05, 3.63) is 53.9 Å². The van der Waals surface area contributed by atoms with E-state index >= 15 is 0 Å². The largest absolute Gasteiger partial charge is 0.456 e. The van der Waals surface area contributed by atoms with Crippen LogP contribution in [0.4, 0.5) is 0 Å². The van der Waals surface area contributed by atoms with Gasteiger partial charge in [-0.05, 0) is 42.2 Å². The van der Waals surface area contributed by atoms with Gasteiger partial charge in [0.15, 0.2) is 0 Å². The molecular weight excluding hydrogens is 236 g/mol. The molecular formula is C16H20N2O. The van der Waals surface area contributed by atoms with Crippen molar-refractivity contribution in [3.8, 4) is 11.5 Å². The van der Waals surface area contributed by atoms with Crippen LogP contribution in [-0.2, 0) is 6.54 Å². The van der Waals surface area contributed by atoms with Crippen LogP contribution in [0.15, 0.2) is 42.6 Å². The van der Waals surface area contributed by atoms with Gasteiger partial charge in [-0.2, -0.15) is 0 Å². The van der Waals surface area contributed by atoms with E-state index in [2.05, 4.69) is 31.0 Å². The van der Waals surface area contributed by atoms with Gasteiger partial charge in [0.25, 0.3) is 0 Å². The third-order valence-electron chi connectivity index (χ3n) is 3.30. The Morgan fingerprint density at radius 1 is 1.11 bits per heavy atom. The van der Waals surface area contributed by atoms with E-state index in [1.807, 2.05) is 24.3 Å². The van der Waals surface area contributed by atoms with Crippen LogP contribution in [0.2, 0.25) is 0 Å². The Labute approximate surface area is 114 Å². The minimum Gasteiger partial charge on any atom is -0.456 e. The molecule has 0 saturated heterocycles. The van der Waals surface area contributed by atoms with E-state index in [4.69, 9.17) is 10.5 Å².